The Morgan fingerprint density at radius 3 is 2.71 bits per heavy atom. The van der Waals surface area contributed by atoms with Crippen molar-refractivity contribution in [3.63, 3.8) is 0 Å². The van der Waals surface area contributed by atoms with E-state index in [1.54, 1.807) is 0 Å². The van der Waals surface area contributed by atoms with Crippen molar-refractivity contribution in [3.8, 4) is 0 Å². The first-order valence-corrected chi connectivity index (χ1v) is 8.77. The maximum absolute atomic E-state index is 11.9. The Hall–Kier alpha value is 0.280. The summed E-state index contributed by atoms with van der Waals surface area (Å²) in [7, 11) is -1.98. The van der Waals surface area contributed by atoms with Crippen LogP contribution < -0.4 is 0 Å². The van der Waals surface area contributed by atoms with Crippen LogP contribution in [0.1, 0.15) is 26.7 Å². The maximum atomic E-state index is 11.9. The number of carbonyl (C=O) groups is 1. The predicted molar refractivity (Wildman–Crippen MR) is 79.0 cm³/mol. The Balaban J connectivity index is 2.83. The van der Waals surface area contributed by atoms with Gasteiger partial charge in [-0.25, -0.2) is 4.21 Å². The molecule has 0 aliphatic carbocycles. The SMILES string of the molecule is CC[C@H](C)CC(=O)/N=[SH](=O)/c1scc(Br)c1Br. The fraction of sp³-hybridized carbons (Fsp3) is 0.500. The number of thiophene rings is 1. The molecule has 1 rings (SSSR count). The third kappa shape index (κ3) is 4.46. The van der Waals surface area contributed by atoms with Crippen molar-refractivity contribution in [1.29, 1.82) is 0 Å². The molecule has 0 saturated carbocycles. The number of amides is 1. The van der Waals surface area contributed by atoms with Crippen LogP contribution in [0.2, 0.25) is 0 Å². The molecule has 96 valence electrons. The van der Waals surface area contributed by atoms with Crippen molar-refractivity contribution >= 4 is 59.7 Å². The van der Waals surface area contributed by atoms with Gasteiger partial charge in [-0.3, -0.25) is 4.79 Å². The third-order valence-corrected chi connectivity index (χ3v) is 7.66. The van der Waals surface area contributed by atoms with E-state index in [0.29, 0.717) is 10.6 Å². The van der Waals surface area contributed by atoms with Crippen LogP contribution in [-0.2, 0) is 15.4 Å². The van der Waals surface area contributed by atoms with Gasteiger partial charge in [-0.1, -0.05) is 20.3 Å². The number of rotatable bonds is 4. The summed E-state index contributed by atoms with van der Waals surface area (Å²) in [6.07, 6.45) is 1.29. The van der Waals surface area contributed by atoms with Crippen molar-refractivity contribution in [3.05, 3.63) is 14.3 Å². The first kappa shape index (κ1) is 15.3. The van der Waals surface area contributed by atoms with Crippen LogP contribution in [0.4, 0.5) is 0 Å². The molecule has 7 heteroatoms. The minimum atomic E-state index is -1.98. The molecular formula is C10H13Br2NO2S2. The Labute approximate surface area is 123 Å². The zero-order valence-electron chi connectivity index (χ0n) is 9.44. The van der Waals surface area contributed by atoms with Gasteiger partial charge in [0.1, 0.15) is 4.21 Å². The lowest BCUT2D eigenvalue weighted by atomic mass is 10.1. The van der Waals surface area contributed by atoms with Crippen molar-refractivity contribution < 1.29 is 9.00 Å². The highest BCUT2D eigenvalue weighted by atomic mass is 79.9. The van der Waals surface area contributed by atoms with E-state index in [-0.39, 0.29) is 11.8 Å². The fourth-order valence-electron chi connectivity index (χ4n) is 1.07. The molecular weight excluding hydrogens is 390 g/mol. The number of carbonyl (C=O) groups excluding carboxylic acids is 1. The van der Waals surface area contributed by atoms with Crippen LogP contribution in [0, 0.1) is 5.92 Å². The molecule has 3 nitrogen and oxygen atoms in total. The van der Waals surface area contributed by atoms with E-state index in [1.807, 2.05) is 19.2 Å². The molecule has 1 amide bonds. The molecule has 0 spiro atoms. The molecule has 1 heterocycles. The molecule has 0 aromatic carbocycles. The molecule has 0 bridgehead atoms. The summed E-state index contributed by atoms with van der Waals surface area (Å²) < 4.78 is 17.8. The van der Waals surface area contributed by atoms with E-state index in [4.69, 9.17) is 0 Å². The van der Waals surface area contributed by atoms with Crippen LogP contribution in [0.15, 0.2) is 22.9 Å². The molecule has 0 saturated heterocycles. The Bertz CT molecular complexity index is 492. The van der Waals surface area contributed by atoms with Gasteiger partial charge in [-0.2, -0.15) is 4.36 Å². The minimum absolute atomic E-state index is 0.281. The third-order valence-electron chi connectivity index (χ3n) is 2.27. The van der Waals surface area contributed by atoms with Crippen LogP contribution in [0.25, 0.3) is 0 Å². The van der Waals surface area contributed by atoms with Crippen molar-refractivity contribution in [2.45, 2.75) is 30.9 Å². The monoisotopic (exact) mass is 401 g/mol. The Kier molecular flexibility index (Phi) is 6.33. The van der Waals surface area contributed by atoms with Gasteiger partial charge in [0.15, 0.2) is 0 Å². The minimum Gasteiger partial charge on any atom is -0.272 e. The second-order valence-corrected chi connectivity index (χ2v) is 7.71. The summed E-state index contributed by atoms with van der Waals surface area (Å²) >= 11 is 7.95. The molecule has 1 aromatic heterocycles. The molecule has 1 aromatic rings. The predicted octanol–water partition coefficient (Wildman–Crippen LogP) is 4.26. The average Bonchev–Trinajstić information content (AvgIpc) is 2.59. The molecule has 17 heavy (non-hydrogen) atoms. The summed E-state index contributed by atoms with van der Waals surface area (Å²) in [5, 5.41) is 1.82. The van der Waals surface area contributed by atoms with E-state index >= 15 is 0 Å². The van der Waals surface area contributed by atoms with Gasteiger partial charge >= 0.3 is 0 Å². The number of nitrogens with zero attached hydrogens (tertiary/aromatic N) is 1. The number of hydrogen-bond donors (Lipinski definition) is 1. The first-order chi connectivity index (χ1) is 7.95. The van der Waals surface area contributed by atoms with Gasteiger partial charge in [-0.05, 0) is 37.8 Å². The highest BCUT2D eigenvalue weighted by Gasteiger charge is 2.10. The summed E-state index contributed by atoms with van der Waals surface area (Å²) in [5.74, 6) is 0.00467. The maximum Gasteiger partial charge on any atom is 0.254 e. The molecule has 0 aliphatic heterocycles. The largest absolute Gasteiger partial charge is 0.272 e. The van der Waals surface area contributed by atoms with Gasteiger partial charge in [0, 0.05) is 16.3 Å². The Morgan fingerprint density at radius 1 is 1.59 bits per heavy atom. The van der Waals surface area contributed by atoms with Gasteiger partial charge in [0.25, 0.3) is 5.91 Å². The zero-order valence-corrected chi connectivity index (χ0v) is 14.3. The quantitative estimate of drug-likeness (QED) is 0.764. The smallest absolute Gasteiger partial charge is 0.254 e. The average molecular weight is 403 g/mol. The first-order valence-electron chi connectivity index (χ1n) is 5.09. The standard InChI is InChI=1S/C10H13Br2NO2S2/c1-3-6(2)4-8(14)13-17(15)10-9(12)7(11)5-16-10/h5-6,17H,3-4H2,1-2H3/t6-/m0/s1. The number of hydrogen-bond acceptors (Lipinski definition) is 3. The lowest BCUT2D eigenvalue weighted by Crippen LogP contribution is -2.02. The van der Waals surface area contributed by atoms with Crippen molar-refractivity contribution in [1.82, 2.24) is 0 Å². The van der Waals surface area contributed by atoms with E-state index < -0.39 is 10.6 Å². The molecule has 0 fully saturated rings. The van der Waals surface area contributed by atoms with E-state index in [1.165, 1.54) is 11.3 Å². The molecule has 0 radical (unpaired) electrons. The normalized spacial score (nSPS) is 14.8. The second-order valence-electron chi connectivity index (χ2n) is 3.69. The van der Waals surface area contributed by atoms with Crippen LogP contribution in [0.5, 0.6) is 0 Å². The lowest BCUT2D eigenvalue weighted by molar-refractivity contribution is -0.118. The van der Waals surface area contributed by atoms with E-state index in [0.717, 1.165) is 15.4 Å². The van der Waals surface area contributed by atoms with Gasteiger partial charge in [0.2, 0.25) is 0 Å². The number of thiol groups is 1. The van der Waals surface area contributed by atoms with Crippen LogP contribution >= 0.6 is 43.2 Å². The summed E-state index contributed by atoms with van der Waals surface area (Å²) in [5.41, 5.74) is 0. The lowest BCUT2D eigenvalue weighted by Gasteiger charge is -2.02. The van der Waals surface area contributed by atoms with Gasteiger partial charge < -0.3 is 0 Å². The zero-order chi connectivity index (χ0) is 13.0. The summed E-state index contributed by atoms with van der Waals surface area (Å²) in [6.45, 7) is 4.00. The van der Waals surface area contributed by atoms with Crippen molar-refractivity contribution in [2.75, 3.05) is 0 Å². The van der Waals surface area contributed by atoms with Crippen LogP contribution in [0.3, 0.4) is 0 Å². The second kappa shape index (κ2) is 7.01. The van der Waals surface area contributed by atoms with E-state index in [9.17, 15) is 9.00 Å². The topological polar surface area (TPSA) is 46.5 Å². The molecule has 1 unspecified atom stereocenters. The molecule has 0 aliphatic rings. The summed E-state index contributed by atoms with van der Waals surface area (Å²) in [6, 6.07) is 0. The van der Waals surface area contributed by atoms with Crippen molar-refractivity contribution in [2.24, 2.45) is 10.3 Å². The van der Waals surface area contributed by atoms with Gasteiger partial charge in [-0.15, -0.1) is 11.3 Å². The van der Waals surface area contributed by atoms with Crippen LogP contribution in [-0.4, -0.2) is 10.1 Å². The van der Waals surface area contributed by atoms with E-state index in [2.05, 4.69) is 36.2 Å². The number of halogens is 2. The fourth-order valence-corrected chi connectivity index (χ4v) is 4.69. The Morgan fingerprint density at radius 2 is 2.24 bits per heavy atom. The highest BCUT2D eigenvalue weighted by Crippen LogP contribution is 2.33. The highest BCUT2D eigenvalue weighted by molar-refractivity contribution is 9.13. The molecule has 0 N–H and O–H groups in total. The summed E-state index contributed by atoms with van der Waals surface area (Å²) in [4.78, 5) is 11.5. The van der Waals surface area contributed by atoms with Gasteiger partial charge in [0.05, 0.1) is 15.1 Å². The molecule has 2 atom stereocenters.